The predicted octanol–water partition coefficient (Wildman–Crippen LogP) is 2.05. The van der Waals surface area contributed by atoms with Crippen LogP contribution in [0.15, 0.2) is 36.7 Å². The largest absolute Gasteiger partial charge is 0.504 e. The molecule has 2 heterocycles. The quantitative estimate of drug-likeness (QED) is 0.639. The maximum atomic E-state index is 9.88. The van der Waals surface area contributed by atoms with Crippen LogP contribution in [-0.2, 0) is 7.05 Å². The number of phenolic OH excluding ortho intramolecular Hbond substituents is 2. The minimum Gasteiger partial charge on any atom is -0.504 e. The molecule has 0 unspecified atom stereocenters. The van der Waals surface area contributed by atoms with Crippen LogP contribution in [0.2, 0.25) is 0 Å². The molecular formula is C13H11N3O2. The summed E-state index contributed by atoms with van der Waals surface area (Å²) in [5.74, 6) is 0.271. The van der Waals surface area contributed by atoms with Gasteiger partial charge in [-0.2, -0.15) is 0 Å². The van der Waals surface area contributed by atoms with Crippen molar-refractivity contribution in [1.82, 2.24) is 14.5 Å². The van der Waals surface area contributed by atoms with Crippen molar-refractivity contribution in [3.8, 4) is 22.9 Å². The number of aryl methyl sites for hydroxylation is 1. The highest BCUT2D eigenvalue weighted by Gasteiger charge is 2.14. The van der Waals surface area contributed by atoms with Gasteiger partial charge in [-0.15, -0.1) is 0 Å². The molecule has 90 valence electrons. The molecule has 5 heteroatoms. The third-order valence-corrected chi connectivity index (χ3v) is 2.94. The van der Waals surface area contributed by atoms with E-state index in [9.17, 15) is 10.2 Å². The van der Waals surface area contributed by atoms with Gasteiger partial charge in [0.2, 0.25) is 0 Å². The number of benzene rings is 1. The van der Waals surface area contributed by atoms with E-state index in [0.29, 0.717) is 11.4 Å². The van der Waals surface area contributed by atoms with Gasteiger partial charge in [-0.1, -0.05) is 6.07 Å². The molecule has 0 saturated carbocycles. The molecule has 3 rings (SSSR count). The smallest absolute Gasteiger partial charge is 0.168 e. The van der Waals surface area contributed by atoms with Crippen molar-refractivity contribution in [2.45, 2.75) is 0 Å². The van der Waals surface area contributed by atoms with Crippen molar-refractivity contribution in [1.29, 1.82) is 0 Å². The Labute approximate surface area is 103 Å². The standard InChI is InChI=1S/C13H11N3O2/c1-16-10-5-6-14-7-9(10)15-13(16)8-3-2-4-11(17)12(8)18/h2-7,17-18H,1H3. The number of hydrogen-bond donors (Lipinski definition) is 2. The average Bonchev–Trinajstić information content (AvgIpc) is 2.71. The number of para-hydroxylation sites is 1. The lowest BCUT2D eigenvalue weighted by atomic mass is 10.2. The molecule has 1 aromatic carbocycles. The molecule has 0 aliphatic rings. The molecule has 0 radical (unpaired) electrons. The number of aromatic nitrogens is 3. The van der Waals surface area contributed by atoms with Gasteiger partial charge in [0.25, 0.3) is 0 Å². The molecule has 0 aliphatic heterocycles. The maximum absolute atomic E-state index is 9.88. The zero-order chi connectivity index (χ0) is 12.7. The summed E-state index contributed by atoms with van der Waals surface area (Å²) in [5.41, 5.74) is 2.16. The van der Waals surface area contributed by atoms with Crippen molar-refractivity contribution in [3.05, 3.63) is 36.7 Å². The lowest BCUT2D eigenvalue weighted by Gasteiger charge is -2.06. The van der Waals surface area contributed by atoms with Crippen LogP contribution >= 0.6 is 0 Å². The highest BCUT2D eigenvalue weighted by atomic mass is 16.3. The second-order valence-electron chi connectivity index (χ2n) is 4.03. The molecule has 3 aromatic rings. The van der Waals surface area contributed by atoms with Gasteiger partial charge in [0.1, 0.15) is 11.3 Å². The third kappa shape index (κ3) is 1.41. The van der Waals surface area contributed by atoms with E-state index in [-0.39, 0.29) is 11.5 Å². The lowest BCUT2D eigenvalue weighted by molar-refractivity contribution is 0.405. The lowest BCUT2D eigenvalue weighted by Crippen LogP contribution is -1.92. The van der Waals surface area contributed by atoms with E-state index in [1.807, 2.05) is 17.7 Å². The number of aromatic hydroxyl groups is 2. The fraction of sp³-hybridized carbons (Fsp3) is 0.0769. The van der Waals surface area contributed by atoms with E-state index >= 15 is 0 Å². The topological polar surface area (TPSA) is 71.2 Å². The summed E-state index contributed by atoms with van der Waals surface area (Å²) in [6.07, 6.45) is 3.36. The van der Waals surface area contributed by atoms with Gasteiger partial charge in [0, 0.05) is 13.2 Å². The van der Waals surface area contributed by atoms with Crippen LogP contribution in [-0.4, -0.2) is 24.7 Å². The number of pyridine rings is 1. The van der Waals surface area contributed by atoms with Gasteiger partial charge in [-0.05, 0) is 18.2 Å². The maximum Gasteiger partial charge on any atom is 0.168 e. The Morgan fingerprint density at radius 3 is 2.78 bits per heavy atom. The van der Waals surface area contributed by atoms with E-state index in [2.05, 4.69) is 9.97 Å². The SMILES string of the molecule is Cn1c(-c2cccc(O)c2O)nc2cnccc21. The van der Waals surface area contributed by atoms with E-state index in [1.165, 1.54) is 6.07 Å². The second-order valence-corrected chi connectivity index (χ2v) is 4.03. The van der Waals surface area contributed by atoms with Crippen molar-refractivity contribution in [2.24, 2.45) is 7.05 Å². The Bertz CT molecular complexity index is 734. The molecule has 5 nitrogen and oxygen atoms in total. The van der Waals surface area contributed by atoms with Crippen molar-refractivity contribution in [2.75, 3.05) is 0 Å². The molecule has 0 spiro atoms. The number of imidazole rings is 1. The van der Waals surface area contributed by atoms with Crippen molar-refractivity contribution < 1.29 is 10.2 Å². The fourth-order valence-corrected chi connectivity index (χ4v) is 2.00. The van der Waals surface area contributed by atoms with E-state index in [4.69, 9.17) is 0 Å². The highest BCUT2D eigenvalue weighted by Crippen LogP contribution is 2.36. The molecule has 2 N–H and O–H groups in total. The van der Waals surface area contributed by atoms with Crippen LogP contribution < -0.4 is 0 Å². The van der Waals surface area contributed by atoms with Crippen LogP contribution in [0.1, 0.15) is 0 Å². The number of phenols is 2. The highest BCUT2D eigenvalue weighted by molar-refractivity contribution is 5.81. The van der Waals surface area contributed by atoms with Gasteiger partial charge in [0.15, 0.2) is 11.5 Å². The summed E-state index contributed by atoms with van der Waals surface area (Å²) in [4.78, 5) is 8.43. The molecule has 18 heavy (non-hydrogen) atoms. The van der Waals surface area contributed by atoms with Crippen LogP contribution in [0, 0.1) is 0 Å². The number of hydrogen-bond acceptors (Lipinski definition) is 4. The van der Waals surface area contributed by atoms with Crippen LogP contribution in [0.25, 0.3) is 22.4 Å². The molecule has 0 atom stereocenters. The normalized spacial score (nSPS) is 10.9. The monoisotopic (exact) mass is 241 g/mol. The van der Waals surface area contributed by atoms with E-state index < -0.39 is 0 Å². The summed E-state index contributed by atoms with van der Waals surface area (Å²) in [6, 6.07) is 6.67. The third-order valence-electron chi connectivity index (χ3n) is 2.94. The Kier molecular flexibility index (Phi) is 2.19. The molecule has 0 aliphatic carbocycles. The fourth-order valence-electron chi connectivity index (χ4n) is 2.00. The summed E-state index contributed by atoms with van der Waals surface area (Å²) < 4.78 is 1.85. The van der Waals surface area contributed by atoms with Crippen LogP contribution in [0.4, 0.5) is 0 Å². The predicted molar refractivity (Wildman–Crippen MR) is 67.3 cm³/mol. The molecule has 0 fully saturated rings. The molecule has 0 bridgehead atoms. The van der Waals surface area contributed by atoms with Gasteiger partial charge >= 0.3 is 0 Å². The summed E-state index contributed by atoms with van der Waals surface area (Å²) in [6.45, 7) is 0. The zero-order valence-corrected chi connectivity index (χ0v) is 9.70. The van der Waals surface area contributed by atoms with Crippen molar-refractivity contribution >= 4 is 11.0 Å². The van der Waals surface area contributed by atoms with Gasteiger partial charge in [-0.25, -0.2) is 4.98 Å². The Balaban J connectivity index is 2.32. The Morgan fingerprint density at radius 1 is 1.17 bits per heavy atom. The Morgan fingerprint density at radius 2 is 2.00 bits per heavy atom. The number of nitrogens with zero attached hydrogens (tertiary/aromatic N) is 3. The summed E-state index contributed by atoms with van der Waals surface area (Å²) >= 11 is 0. The van der Waals surface area contributed by atoms with Gasteiger partial charge in [-0.3, -0.25) is 4.98 Å². The molecular weight excluding hydrogens is 230 g/mol. The first-order valence-corrected chi connectivity index (χ1v) is 5.46. The van der Waals surface area contributed by atoms with E-state index in [0.717, 1.165) is 11.0 Å². The minimum atomic E-state index is -0.163. The first-order chi connectivity index (χ1) is 8.68. The summed E-state index contributed by atoms with van der Waals surface area (Å²) in [7, 11) is 1.86. The average molecular weight is 241 g/mol. The molecule has 0 amide bonds. The Hall–Kier alpha value is -2.56. The summed E-state index contributed by atoms with van der Waals surface area (Å²) in [5, 5.41) is 19.4. The van der Waals surface area contributed by atoms with Gasteiger partial charge in [0.05, 0.1) is 17.3 Å². The minimum absolute atomic E-state index is 0.155. The molecule has 2 aromatic heterocycles. The van der Waals surface area contributed by atoms with Crippen LogP contribution in [0.5, 0.6) is 11.5 Å². The van der Waals surface area contributed by atoms with E-state index in [1.54, 1.807) is 24.5 Å². The van der Waals surface area contributed by atoms with Gasteiger partial charge < -0.3 is 14.8 Å². The van der Waals surface area contributed by atoms with Crippen molar-refractivity contribution in [3.63, 3.8) is 0 Å². The second kappa shape index (κ2) is 3.73. The van der Waals surface area contributed by atoms with Crippen LogP contribution in [0.3, 0.4) is 0 Å². The number of fused-ring (bicyclic) bond motifs is 1. The first-order valence-electron chi connectivity index (χ1n) is 5.46. The molecule has 0 saturated heterocycles. The first kappa shape index (κ1) is 10.6. The number of rotatable bonds is 1. The zero-order valence-electron chi connectivity index (χ0n) is 9.70.